The first-order valence-electron chi connectivity index (χ1n) is 10.6. The number of nitrogens with zero attached hydrogens (tertiary/aromatic N) is 3. The van der Waals surface area contributed by atoms with Crippen LogP contribution in [0.3, 0.4) is 0 Å². The first-order chi connectivity index (χ1) is 16.3. The molecule has 0 amide bonds. The minimum absolute atomic E-state index is 0.192. The molecule has 1 aromatic carbocycles. The third-order valence-corrected chi connectivity index (χ3v) is 7.27. The molecular formula is C25H22N4O3S2. The Morgan fingerprint density at radius 3 is 2.62 bits per heavy atom. The summed E-state index contributed by atoms with van der Waals surface area (Å²) in [5, 5.41) is 10.6. The van der Waals surface area contributed by atoms with E-state index >= 15 is 0 Å². The van der Waals surface area contributed by atoms with Crippen LogP contribution in [0.5, 0.6) is 0 Å². The minimum Gasteiger partial charge on any atom is -0.462 e. The zero-order chi connectivity index (χ0) is 24.4. The molecule has 9 heteroatoms. The van der Waals surface area contributed by atoms with Crippen LogP contribution in [0.15, 0.2) is 40.2 Å². The van der Waals surface area contributed by atoms with E-state index in [1.54, 1.807) is 13.8 Å². The molecule has 4 aromatic rings. The molecule has 0 aliphatic rings. The number of aryl methyl sites for hydroxylation is 3. The summed E-state index contributed by atoms with van der Waals surface area (Å²) in [6.45, 7) is 7.68. The van der Waals surface area contributed by atoms with E-state index in [1.165, 1.54) is 29.2 Å². The number of esters is 1. The van der Waals surface area contributed by atoms with E-state index in [9.17, 15) is 14.9 Å². The Hall–Kier alpha value is -3.48. The number of fused-ring (bicyclic) bond motifs is 1. The summed E-state index contributed by atoms with van der Waals surface area (Å²) in [4.78, 5) is 38.8. The number of thiophene rings is 1. The summed E-state index contributed by atoms with van der Waals surface area (Å²) in [7, 11) is 0. The highest BCUT2D eigenvalue weighted by molar-refractivity contribution is 7.98. The van der Waals surface area contributed by atoms with Crippen molar-refractivity contribution in [3.05, 3.63) is 73.8 Å². The third kappa shape index (κ3) is 4.60. The van der Waals surface area contributed by atoms with Crippen LogP contribution in [0.4, 0.5) is 0 Å². The smallest absolute Gasteiger partial charge is 0.340 e. The van der Waals surface area contributed by atoms with Gasteiger partial charge < -0.3 is 9.72 Å². The number of nitrogens with one attached hydrogen (secondary N) is 1. The fourth-order valence-corrected chi connectivity index (χ4v) is 5.56. The molecule has 172 valence electrons. The highest BCUT2D eigenvalue weighted by Crippen LogP contribution is 2.36. The SMILES string of the molecule is CCOC(=O)c1cc(C#N)c(SCc2nc3sc(C)c(-c4ccc(C)cc4)c3c(=O)[nH]2)nc1C. The summed E-state index contributed by atoms with van der Waals surface area (Å²) in [5.74, 6) is 0.313. The molecule has 7 nitrogen and oxygen atoms in total. The van der Waals surface area contributed by atoms with Crippen molar-refractivity contribution in [3.63, 3.8) is 0 Å². The number of benzene rings is 1. The number of hydrogen-bond acceptors (Lipinski definition) is 8. The van der Waals surface area contributed by atoms with Crippen LogP contribution in [-0.2, 0) is 10.5 Å². The molecule has 0 radical (unpaired) electrons. The molecule has 34 heavy (non-hydrogen) atoms. The summed E-state index contributed by atoms with van der Waals surface area (Å²) in [6, 6.07) is 11.7. The maximum absolute atomic E-state index is 13.0. The standard InChI is InChI=1S/C25H22N4O3S2/c1-5-32-25(31)18-10-17(11-26)23(27-14(18)3)33-12-19-28-22(30)21-20(15(4)34-24(21)29-19)16-8-6-13(2)7-9-16/h6-10H,5,12H2,1-4H3,(H,28,29,30). The average Bonchev–Trinajstić information content (AvgIpc) is 3.14. The Balaban J connectivity index is 1.65. The molecule has 0 aliphatic carbocycles. The maximum Gasteiger partial charge on any atom is 0.340 e. The summed E-state index contributed by atoms with van der Waals surface area (Å²) in [5.41, 5.74) is 3.89. The van der Waals surface area contributed by atoms with Crippen molar-refractivity contribution in [1.82, 2.24) is 15.0 Å². The van der Waals surface area contributed by atoms with Crippen LogP contribution in [0.1, 0.15) is 44.8 Å². The Bertz CT molecular complexity index is 1500. The average molecular weight is 491 g/mol. The Labute approximate surface area is 204 Å². The van der Waals surface area contributed by atoms with Gasteiger partial charge in [-0.1, -0.05) is 41.6 Å². The molecular weight excluding hydrogens is 468 g/mol. The van der Waals surface area contributed by atoms with Crippen molar-refractivity contribution < 1.29 is 9.53 Å². The predicted octanol–water partition coefficient (Wildman–Crippen LogP) is 5.31. The number of carbonyl (C=O) groups is 1. The van der Waals surface area contributed by atoms with Crippen molar-refractivity contribution in [2.75, 3.05) is 6.61 Å². The van der Waals surface area contributed by atoms with Gasteiger partial charge in [-0.15, -0.1) is 11.3 Å². The van der Waals surface area contributed by atoms with Gasteiger partial charge in [0.1, 0.15) is 21.7 Å². The monoisotopic (exact) mass is 490 g/mol. The van der Waals surface area contributed by atoms with E-state index in [0.29, 0.717) is 32.5 Å². The number of pyridine rings is 1. The zero-order valence-electron chi connectivity index (χ0n) is 19.2. The second kappa shape index (κ2) is 9.79. The molecule has 0 fully saturated rings. The first-order valence-corrected chi connectivity index (χ1v) is 12.4. The molecule has 0 spiro atoms. The van der Waals surface area contributed by atoms with Crippen LogP contribution in [-0.4, -0.2) is 27.5 Å². The first kappa shape index (κ1) is 23.7. The molecule has 4 rings (SSSR count). The largest absolute Gasteiger partial charge is 0.462 e. The summed E-state index contributed by atoms with van der Waals surface area (Å²) in [6.07, 6.45) is 0. The lowest BCUT2D eigenvalue weighted by Crippen LogP contribution is -2.11. The van der Waals surface area contributed by atoms with Gasteiger partial charge >= 0.3 is 5.97 Å². The Morgan fingerprint density at radius 2 is 1.94 bits per heavy atom. The lowest BCUT2D eigenvalue weighted by Gasteiger charge is -2.09. The van der Waals surface area contributed by atoms with Gasteiger partial charge in [0, 0.05) is 10.4 Å². The van der Waals surface area contributed by atoms with Gasteiger partial charge in [0.2, 0.25) is 0 Å². The summed E-state index contributed by atoms with van der Waals surface area (Å²) >= 11 is 2.77. The lowest BCUT2D eigenvalue weighted by atomic mass is 10.0. The number of ether oxygens (including phenoxy) is 1. The number of aromatic amines is 1. The van der Waals surface area contributed by atoms with Crippen LogP contribution < -0.4 is 5.56 Å². The molecule has 0 atom stereocenters. The van der Waals surface area contributed by atoms with E-state index in [0.717, 1.165) is 21.6 Å². The second-order valence-corrected chi connectivity index (χ2v) is 9.85. The van der Waals surface area contributed by atoms with Crippen LogP contribution in [0.2, 0.25) is 0 Å². The van der Waals surface area contributed by atoms with E-state index in [-0.39, 0.29) is 23.3 Å². The summed E-state index contributed by atoms with van der Waals surface area (Å²) < 4.78 is 5.04. The molecule has 0 aliphatic heterocycles. The molecule has 0 saturated heterocycles. The fourth-order valence-electron chi connectivity index (χ4n) is 3.63. The lowest BCUT2D eigenvalue weighted by molar-refractivity contribution is 0.0524. The van der Waals surface area contributed by atoms with Gasteiger partial charge in [0.15, 0.2) is 0 Å². The van der Waals surface area contributed by atoms with Gasteiger partial charge in [0.05, 0.1) is 34.6 Å². The Kier molecular flexibility index (Phi) is 6.82. The molecule has 1 N–H and O–H groups in total. The molecule has 0 saturated carbocycles. The van der Waals surface area contributed by atoms with Crippen molar-refractivity contribution >= 4 is 39.3 Å². The second-order valence-electron chi connectivity index (χ2n) is 7.69. The van der Waals surface area contributed by atoms with Crippen molar-refractivity contribution in [2.45, 2.75) is 38.5 Å². The molecule has 0 bridgehead atoms. The van der Waals surface area contributed by atoms with Gasteiger partial charge in [-0.2, -0.15) is 5.26 Å². The minimum atomic E-state index is -0.505. The highest BCUT2D eigenvalue weighted by Gasteiger charge is 2.19. The maximum atomic E-state index is 13.0. The molecule has 3 heterocycles. The zero-order valence-corrected chi connectivity index (χ0v) is 20.8. The molecule has 3 aromatic heterocycles. The number of rotatable bonds is 6. The van der Waals surface area contributed by atoms with Gasteiger partial charge in [-0.05, 0) is 39.3 Å². The van der Waals surface area contributed by atoms with E-state index in [1.807, 2.05) is 38.1 Å². The topological polar surface area (TPSA) is 109 Å². The van der Waals surface area contributed by atoms with Crippen LogP contribution in [0.25, 0.3) is 21.3 Å². The number of hydrogen-bond donors (Lipinski definition) is 1. The number of H-pyrrole nitrogens is 1. The number of carbonyl (C=O) groups excluding carboxylic acids is 1. The van der Waals surface area contributed by atoms with Crippen molar-refractivity contribution in [3.8, 4) is 17.2 Å². The normalized spacial score (nSPS) is 10.9. The van der Waals surface area contributed by atoms with E-state index in [4.69, 9.17) is 4.74 Å². The molecule has 0 unspecified atom stereocenters. The number of thioether (sulfide) groups is 1. The van der Waals surface area contributed by atoms with Crippen LogP contribution in [0, 0.1) is 32.1 Å². The van der Waals surface area contributed by atoms with Crippen LogP contribution >= 0.6 is 23.1 Å². The number of nitriles is 1. The highest BCUT2D eigenvalue weighted by atomic mass is 32.2. The van der Waals surface area contributed by atoms with Crippen molar-refractivity contribution in [2.24, 2.45) is 0 Å². The van der Waals surface area contributed by atoms with Crippen molar-refractivity contribution in [1.29, 1.82) is 5.26 Å². The van der Waals surface area contributed by atoms with E-state index < -0.39 is 5.97 Å². The third-order valence-electron chi connectivity index (χ3n) is 5.27. The quantitative estimate of drug-likeness (QED) is 0.288. The Morgan fingerprint density at radius 1 is 1.21 bits per heavy atom. The van der Waals surface area contributed by atoms with E-state index in [2.05, 4.69) is 21.0 Å². The fraction of sp³-hybridized carbons (Fsp3) is 0.240. The van der Waals surface area contributed by atoms with Gasteiger partial charge in [-0.25, -0.2) is 14.8 Å². The predicted molar refractivity (Wildman–Crippen MR) is 134 cm³/mol. The van der Waals surface area contributed by atoms with Gasteiger partial charge in [-0.3, -0.25) is 4.79 Å². The number of aromatic nitrogens is 3. The van der Waals surface area contributed by atoms with Gasteiger partial charge in [0.25, 0.3) is 5.56 Å².